The number of thiophene rings is 1. The van der Waals surface area contributed by atoms with Crippen molar-refractivity contribution in [2.75, 3.05) is 6.26 Å². The van der Waals surface area contributed by atoms with Crippen LogP contribution >= 0.6 is 11.3 Å². The van der Waals surface area contributed by atoms with E-state index in [-0.39, 0.29) is 38.8 Å². The van der Waals surface area contributed by atoms with Gasteiger partial charge in [-0.1, -0.05) is 26.8 Å². The van der Waals surface area contributed by atoms with Crippen molar-refractivity contribution in [3.63, 3.8) is 0 Å². The van der Waals surface area contributed by atoms with E-state index in [1.54, 1.807) is 12.1 Å². The Morgan fingerprint density at radius 3 is 2.62 bits per heavy atom. The average Bonchev–Trinajstić information content (AvgIpc) is 3.26. The summed E-state index contributed by atoms with van der Waals surface area (Å²) in [7, 11) is -3.18. The van der Waals surface area contributed by atoms with E-state index in [2.05, 4.69) is 14.5 Å². The molecule has 34 heavy (non-hydrogen) atoms. The Hall–Kier alpha value is -3.38. The molecule has 0 aliphatic carbocycles. The van der Waals surface area contributed by atoms with E-state index in [0.717, 1.165) is 0 Å². The maximum absolute atomic E-state index is 13.4. The zero-order valence-corrected chi connectivity index (χ0v) is 20.6. The van der Waals surface area contributed by atoms with Crippen LogP contribution < -0.4 is 5.56 Å². The van der Waals surface area contributed by atoms with Gasteiger partial charge in [0.1, 0.15) is 11.3 Å². The highest BCUT2D eigenvalue weighted by atomic mass is 32.2. The van der Waals surface area contributed by atoms with Gasteiger partial charge in [-0.15, -0.1) is 11.3 Å². The van der Waals surface area contributed by atoms with Gasteiger partial charge in [0, 0.05) is 24.9 Å². The second-order valence-corrected chi connectivity index (χ2v) is 12.3. The van der Waals surface area contributed by atoms with Crippen LogP contribution in [0.1, 0.15) is 32.8 Å². The summed E-state index contributed by atoms with van der Waals surface area (Å²) in [5.41, 5.74) is -0.721. The maximum Gasteiger partial charge on any atom is 0.281 e. The SMILES string of the molecule is CC(C)(C)CCn1nc(-c2cccs2)c(O)c(C2=Nc3ccc([N+](=O)[O-])cc3S(C)(=O)=N2)c1=O. The van der Waals surface area contributed by atoms with Crippen LogP contribution in [0.25, 0.3) is 10.6 Å². The predicted molar refractivity (Wildman–Crippen MR) is 132 cm³/mol. The number of aryl methyl sites for hydroxylation is 1. The molecule has 0 radical (unpaired) electrons. The molecular weight excluding hydrogens is 478 g/mol. The van der Waals surface area contributed by atoms with Gasteiger partial charge in [0.05, 0.1) is 30.1 Å². The molecule has 1 aromatic carbocycles. The molecule has 1 N–H and O–H groups in total. The van der Waals surface area contributed by atoms with Crippen LogP contribution in [0.4, 0.5) is 11.4 Å². The van der Waals surface area contributed by atoms with Crippen LogP contribution in [0.15, 0.2) is 54.8 Å². The summed E-state index contributed by atoms with van der Waals surface area (Å²) in [5, 5.41) is 28.5. The minimum absolute atomic E-state index is 0.0691. The van der Waals surface area contributed by atoms with Gasteiger partial charge in [-0.25, -0.2) is 13.9 Å². The van der Waals surface area contributed by atoms with E-state index in [9.17, 15) is 24.2 Å². The van der Waals surface area contributed by atoms with E-state index >= 15 is 0 Å². The number of nitro groups is 1. The van der Waals surface area contributed by atoms with Gasteiger partial charge >= 0.3 is 0 Å². The third-order valence-electron chi connectivity index (χ3n) is 5.23. The summed E-state index contributed by atoms with van der Waals surface area (Å²) in [6.45, 7) is 6.43. The van der Waals surface area contributed by atoms with Gasteiger partial charge in [0.15, 0.2) is 11.6 Å². The van der Waals surface area contributed by atoms with Crippen LogP contribution in [0.5, 0.6) is 5.75 Å². The molecule has 2 aromatic heterocycles. The minimum atomic E-state index is -3.18. The number of aromatic nitrogens is 2. The summed E-state index contributed by atoms with van der Waals surface area (Å²) in [4.78, 5) is 29.1. The molecule has 178 valence electrons. The monoisotopic (exact) mass is 501 g/mol. The van der Waals surface area contributed by atoms with E-state index in [1.165, 1.54) is 40.5 Å². The van der Waals surface area contributed by atoms with E-state index in [0.29, 0.717) is 17.8 Å². The highest BCUT2D eigenvalue weighted by Gasteiger charge is 2.29. The standard InChI is InChI=1S/C22H23N5O5S2/c1-22(2,3)9-10-26-21(29)17(19(28)18(24-26)15-6-5-11-33-15)20-23-14-8-7-13(27(30)31)12-16(14)34(4,32)25-20/h5-8,11-12,28H,9-10H2,1-4H3. The average molecular weight is 502 g/mol. The fraction of sp³-hybridized carbons (Fsp3) is 0.318. The van der Waals surface area contributed by atoms with Gasteiger partial charge in [-0.05, 0) is 29.3 Å². The molecule has 3 heterocycles. The summed E-state index contributed by atoms with van der Waals surface area (Å²) >= 11 is 1.35. The van der Waals surface area contributed by atoms with Crippen molar-refractivity contribution in [1.29, 1.82) is 0 Å². The number of aromatic hydroxyl groups is 1. The van der Waals surface area contributed by atoms with Gasteiger partial charge in [-0.3, -0.25) is 14.9 Å². The number of hydrogen-bond donors (Lipinski definition) is 1. The fourth-order valence-electron chi connectivity index (χ4n) is 3.40. The molecule has 0 saturated carbocycles. The first-order chi connectivity index (χ1) is 15.9. The Morgan fingerprint density at radius 1 is 1.26 bits per heavy atom. The lowest BCUT2D eigenvalue weighted by atomic mass is 9.92. The van der Waals surface area contributed by atoms with Crippen molar-refractivity contribution in [3.8, 4) is 16.3 Å². The first kappa shape index (κ1) is 23.8. The topological polar surface area (TPSA) is 140 Å². The van der Waals surface area contributed by atoms with E-state index in [4.69, 9.17) is 0 Å². The molecule has 10 nitrogen and oxygen atoms in total. The normalized spacial score (nSPS) is 17.6. The molecule has 0 amide bonds. The number of nitrogens with zero attached hydrogens (tertiary/aromatic N) is 5. The molecule has 0 fully saturated rings. The van der Waals surface area contributed by atoms with Crippen LogP contribution in [0.2, 0.25) is 0 Å². The quantitative estimate of drug-likeness (QED) is 0.401. The second-order valence-electron chi connectivity index (χ2n) is 9.13. The van der Waals surface area contributed by atoms with E-state index < -0.39 is 26.0 Å². The van der Waals surface area contributed by atoms with Crippen LogP contribution in [-0.2, 0) is 16.3 Å². The maximum atomic E-state index is 13.4. The Kier molecular flexibility index (Phi) is 5.90. The fourth-order valence-corrected chi connectivity index (χ4v) is 5.51. The summed E-state index contributed by atoms with van der Waals surface area (Å²) in [6, 6.07) is 7.35. The summed E-state index contributed by atoms with van der Waals surface area (Å²) in [5.74, 6) is -0.594. The Morgan fingerprint density at radius 2 is 2.00 bits per heavy atom. The molecule has 0 spiro atoms. The number of nitro benzene ring substituents is 1. The molecule has 0 saturated heterocycles. The molecular formula is C22H23N5O5S2. The summed E-state index contributed by atoms with van der Waals surface area (Å²) in [6.07, 6.45) is 1.97. The Labute approximate surface area is 199 Å². The van der Waals surface area contributed by atoms with Crippen molar-refractivity contribution in [3.05, 3.63) is 61.7 Å². The van der Waals surface area contributed by atoms with Crippen molar-refractivity contribution in [2.45, 2.75) is 38.6 Å². The van der Waals surface area contributed by atoms with Gasteiger partial charge in [0.2, 0.25) is 0 Å². The van der Waals surface area contributed by atoms with Crippen molar-refractivity contribution < 1.29 is 14.2 Å². The lowest BCUT2D eigenvalue weighted by Gasteiger charge is -2.20. The van der Waals surface area contributed by atoms with Crippen LogP contribution in [0, 0.1) is 15.5 Å². The molecule has 12 heteroatoms. The second kappa shape index (κ2) is 8.44. The van der Waals surface area contributed by atoms with Crippen LogP contribution in [-0.4, -0.2) is 36.1 Å². The molecule has 1 aliphatic rings. The largest absolute Gasteiger partial charge is 0.505 e. The van der Waals surface area contributed by atoms with Gasteiger partial charge in [0.25, 0.3) is 11.2 Å². The lowest BCUT2D eigenvalue weighted by Crippen LogP contribution is -2.31. The number of hydrogen-bond acceptors (Lipinski definition) is 9. The van der Waals surface area contributed by atoms with Gasteiger partial charge < -0.3 is 5.11 Å². The zero-order chi connectivity index (χ0) is 24.8. The predicted octanol–water partition coefficient (Wildman–Crippen LogP) is 4.57. The van der Waals surface area contributed by atoms with Crippen molar-refractivity contribution >= 4 is 38.3 Å². The lowest BCUT2D eigenvalue weighted by molar-refractivity contribution is -0.385. The molecule has 0 bridgehead atoms. The number of benzene rings is 1. The number of fused-ring (bicyclic) bond motifs is 1. The number of rotatable bonds is 5. The smallest absolute Gasteiger partial charge is 0.281 e. The van der Waals surface area contributed by atoms with E-state index in [1.807, 2.05) is 26.2 Å². The van der Waals surface area contributed by atoms with Crippen molar-refractivity contribution in [1.82, 2.24) is 9.78 Å². The molecule has 1 aliphatic heterocycles. The minimum Gasteiger partial charge on any atom is -0.505 e. The highest BCUT2D eigenvalue weighted by molar-refractivity contribution is 7.93. The van der Waals surface area contributed by atoms with Crippen LogP contribution in [0.3, 0.4) is 0 Å². The number of aliphatic imine (C=N–C) groups is 1. The first-order valence-corrected chi connectivity index (χ1v) is 13.2. The van der Waals surface area contributed by atoms with Crippen molar-refractivity contribution in [2.24, 2.45) is 14.8 Å². The first-order valence-electron chi connectivity index (χ1n) is 10.3. The molecule has 1 atom stereocenters. The number of amidine groups is 1. The number of non-ortho nitro benzene ring substituents is 1. The third kappa shape index (κ3) is 4.50. The Bertz CT molecular complexity index is 1510. The Balaban J connectivity index is 1.96. The highest BCUT2D eigenvalue weighted by Crippen LogP contribution is 2.37. The molecule has 1 unspecified atom stereocenters. The third-order valence-corrected chi connectivity index (χ3v) is 7.77. The van der Waals surface area contributed by atoms with Gasteiger partial charge in [-0.2, -0.15) is 9.46 Å². The molecule has 4 rings (SSSR count). The summed E-state index contributed by atoms with van der Waals surface area (Å²) < 4.78 is 18.8. The zero-order valence-electron chi connectivity index (χ0n) is 19.0. The molecule has 3 aromatic rings.